The molecule has 278 valence electrons. The van der Waals surface area contributed by atoms with Crippen LogP contribution in [0.3, 0.4) is 0 Å². The maximum atomic E-state index is 11.1. The van der Waals surface area contributed by atoms with E-state index >= 15 is 0 Å². The van der Waals surface area contributed by atoms with Crippen molar-refractivity contribution in [1.29, 1.82) is 5.26 Å². The number of fused-ring (bicyclic) bond motifs is 1. The first-order chi connectivity index (χ1) is 25.9. The topological polar surface area (TPSA) is 123 Å². The number of pyridine rings is 1. The van der Waals surface area contributed by atoms with Gasteiger partial charge in [0.05, 0.1) is 17.2 Å². The van der Waals surface area contributed by atoms with Gasteiger partial charge in [0.1, 0.15) is 36.0 Å². The summed E-state index contributed by atoms with van der Waals surface area (Å²) in [5.74, 6) is 1.84. The summed E-state index contributed by atoms with van der Waals surface area (Å²) in [6, 6.07) is 20.5. The fourth-order valence-electron chi connectivity index (χ4n) is 7.36. The number of halogens is 1. The number of ether oxygens (including phenoxy) is 3. The Morgan fingerprint density at radius 1 is 1.00 bits per heavy atom. The van der Waals surface area contributed by atoms with Crippen molar-refractivity contribution < 1.29 is 19.0 Å². The van der Waals surface area contributed by atoms with Gasteiger partial charge in [0.2, 0.25) is 5.91 Å². The van der Waals surface area contributed by atoms with Crippen LogP contribution in [0.1, 0.15) is 90.9 Å². The number of carbonyl (C=O) groups is 1. The van der Waals surface area contributed by atoms with Crippen LogP contribution in [-0.2, 0) is 24.4 Å². The zero-order valence-electron chi connectivity index (χ0n) is 30.7. The highest BCUT2D eigenvalue weighted by Gasteiger charge is 2.28. The molecule has 1 fully saturated rings. The van der Waals surface area contributed by atoms with Crippen LogP contribution in [0.25, 0.3) is 11.1 Å². The van der Waals surface area contributed by atoms with Gasteiger partial charge in [-0.05, 0) is 118 Å². The van der Waals surface area contributed by atoms with Gasteiger partial charge in [-0.2, -0.15) is 5.26 Å². The highest BCUT2D eigenvalue weighted by molar-refractivity contribution is 6.32. The number of carbonyl (C=O) groups excluding carboxylic acids is 1. The van der Waals surface area contributed by atoms with E-state index in [1.54, 1.807) is 12.3 Å². The Morgan fingerprint density at radius 2 is 1.83 bits per heavy atom. The molecule has 1 saturated heterocycles. The van der Waals surface area contributed by atoms with Crippen molar-refractivity contribution in [1.82, 2.24) is 15.2 Å². The minimum Gasteiger partial charge on any atom is -0.493 e. The Balaban J connectivity index is 1.16. The van der Waals surface area contributed by atoms with E-state index in [-0.39, 0.29) is 18.6 Å². The molecule has 0 radical (unpaired) electrons. The molecule has 2 aliphatic rings. The molecule has 1 aromatic heterocycles. The summed E-state index contributed by atoms with van der Waals surface area (Å²) >= 11 is 6.90. The monoisotopic (exact) mass is 735 g/mol. The Morgan fingerprint density at radius 3 is 2.66 bits per heavy atom. The average molecular weight is 736 g/mol. The average Bonchev–Trinajstić information content (AvgIpc) is 3.59. The second-order valence-corrected chi connectivity index (χ2v) is 14.4. The molecular weight excluding hydrogens is 686 g/mol. The fraction of sp³-hybridized carbons (Fsp3) is 0.419. The lowest BCUT2D eigenvalue weighted by Crippen LogP contribution is -2.31. The van der Waals surface area contributed by atoms with Gasteiger partial charge in [0.15, 0.2) is 0 Å². The molecule has 0 spiro atoms. The third-order valence-electron chi connectivity index (χ3n) is 10.2. The standard InChI is InChI=1S/C43H50ClN5O4/c1-30-34(10-8-13-39(30)51-21-9-20-49-18-5-2-6-19-49)35-11-7-12-37-36(35)15-16-40(37)53-42-24-41(52-29-32-22-31(25-45)26-48-27-32)33(23-38(42)44)28-47-17-4-3-14-43(46)50/h7-8,10-13,22-24,26-27,40,47H,2-6,9,14-21,28-29H2,1H3,(H2,46,50)/t40-/m0/s1. The molecule has 3 N–H and O–H groups in total. The maximum Gasteiger partial charge on any atom is 0.217 e. The van der Waals surface area contributed by atoms with Gasteiger partial charge in [-0.1, -0.05) is 48.4 Å². The molecule has 6 rings (SSSR count). The Bertz CT molecular complexity index is 1900. The van der Waals surface area contributed by atoms with Crippen molar-refractivity contribution in [2.45, 2.75) is 84.0 Å². The van der Waals surface area contributed by atoms with Crippen molar-refractivity contribution >= 4 is 17.5 Å². The van der Waals surface area contributed by atoms with E-state index in [9.17, 15) is 10.1 Å². The van der Waals surface area contributed by atoms with Gasteiger partial charge in [-0.15, -0.1) is 0 Å². The summed E-state index contributed by atoms with van der Waals surface area (Å²) in [6.07, 6.45) is 11.7. The number of benzene rings is 3. The van der Waals surface area contributed by atoms with Crippen LogP contribution in [0.15, 0.2) is 67.0 Å². The Hall–Kier alpha value is -4.62. The number of hydrogen-bond donors (Lipinski definition) is 2. The minimum atomic E-state index is -0.290. The second kappa shape index (κ2) is 18.9. The minimum absolute atomic E-state index is 0.171. The van der Waals surface area contributed by atoms with E-state index in [4.69, 9.17) is 31.5 Å². The van der Waals surface area contributed by atoms with Gasteiger partial charge < -0.3 is 30.2 Å². The maximum absolute atomic E-state index is 11.1. The Labute approximate surface area is 318 Å². The number of nitrogens with two attached hydrogens (primary N) is 1. The van der Waals surface area contributed by atoms with Crippen molar-refractivity contribution in [3.05, 3.63) is 105 Å². The first-order valence-electron chi connectivity index (χ1n) is 18.9. The predicted octanol–water partition coefficient (Wildman–Crippen LogP) is 8.23. The first-order valence-corrected chi connectivity index (χ1v) is 19.3. The zero-order valence-corrected chi connectivity index (χ0v) is 31.4. The normalized spacial score (nSPS) is 15.5. The number of nitriles is 1. The first kappa shape index (κ1) is 38.1. The summed E-state index contributed by atoms with van der Waals surface area (Å²) in [6.45, 7) is 7.84. The largest absolute Gasteiger partial charge is 0.493 e. The number of piperidine rings is 1. The van der Waals surface area contributed by atoms with Gasteiger partial charge in [0.25, 0.3) is 0 Å². The van der Waals surface area contributed by atoms with Crippen molar-refractivity contribution in [3.63, 3.8) is 0 Å². The van der Waals surface area contributed by atoms with E-state index in [1.807, 2.05) is 12.1 Å². The van der Waals surface area contributed by atoms with Gasteiger partial charge in [-0.25, -0.2) is 0 Å². The second-order valence-electron chi connectivity index (χ2n) is 14.0. The van der Waals surface area contributed by atoms with E-state index < -0.39 is 0 Å². The molecule has 0 saturated carbocycles. The van der Waals surface area contributed by atoms with E-state index in [2.05, 4.69) is 64.6 Å². The molecule has 0 bridgehead atoms. The molecule has 2 heterocycles. The summed E-state index contributed by atoms with van der Waals surface area (Å²) < 4.78 is 19.4. The number of likely N-dealkylation sites (tertiary alicyclic amines) is 1. The highest BCUT2D eigenvalue weighted by atomic mass is 35.5. The summed E-state index contributed by atoms with van der Waals surface area (Å²) in [5.41, 5.74) is 13.4. The SMILES string of the molecule is Cc1c(OCCCN2CCCCC2)cccc1-c1cccc2c1CC[C@@H]2Oc1cc(OCc2cncc(C#N)c2)c(CNCCCCC(N)=O)cc1Cl. The van der Waals surface area contributed by atoms with Crippen molar-refractivity contribution in [3.8, 4) is 34.4 Å². The molecule has 1 aliphatic heterocycles. The van der Waals surface area contributed by atoms with Crippen LogP contribution in [0.4, 0.5) is 0 Å². The van der Waals surface area contributed by atoms with Gasteiger partial charge >= 0.3 is 0 Å². The number of amides is 1. The molecule has 1 atom stereocenters. The summed E-state index contributed by atoms with van der Waals surface area (Å²) in [4.78, 5) is 17.8. The summed E-state index contributed by atoms with van der Waals surface area (Å²) in [5, 5.41) is 13.3. The van der Waals surface area contributed by atoms with E-state index in [0.29, 0.717) is 48.2 Å². The van der Waals surface area contributed by atoms with Crippen LogP contribution < -0.4 is 25.3 Å². The number of unbranched alkanes of at least 4 members (excludes halogenated alkanes) is 1. The number of primary amides is 1. The molecule has 4 aromatic rings. The number of rotatable bonds is 18. The number of nitrogens with zero attached hydrogens (tertiary/aromatic N) is 3. The lowest BCUT2D eigenvalue weighted by molar-refractivity contribution is -0.118. The predicted molar refractivity (Wildman–Crippen MR) is 208 cm³/mol. The smallest absolute Gasteiger partial charge is 0.217 e. The van der Waals surface area contributed by atoms with Crippen LogP contribution in [0.5, 0.6) is 17.2 Å². The quantitative estimate of drug-likeness (QED) is 0.0981. The van der Waals surface area contributed by atoms with Crippen LogP contribution in [0.2, 0.25) is 5.02 Å². The van der Waals surface area contributed by atoms with E-state index in [1.165, 1.54) is 55.2 Å². The lowest BCUT2D eigenvalue weighted by atomic mass is 9.93. The number of aromatic nitrogens is 1. The van der Waals surface area contributed by atoms with Crippen LogP contribution >= 0.6 is 11.6 Å². The third kappa shape index (κ3) is 10.3. The Kier molecular flexibility index (Phi) is 13.6. The molecule has 1 amide bonds. The van der Waals surface area contributed by atoms with Crippen LogP contribution in [0, 0.1) is 18.3 Å². The summed E-state index contributed by atoms with van der Waals surface area (Å²) in [7, 11) is 0. The molecule has 9 nitrogen and oxygen atoms in total. The fourth-order valence-corrected chi connectivity index (χ4v) is 7.59. The van der Waals surface area contributed by atoms with E-state index in [0.717, 1.165) is 66.7 Å². The molecule has 0 unspecified atom stereocenters. The molecule has 1 aliphatic carbocycles. The molecular formula is C43H50ClN5O4. The lowest BCUT2D eigenvalue weighted by Gasteiger charge is -2.26. The van der Waals surface area contributed by atoms with Crippen LogP contribution in [-0.4, -0.2) is 48.6 Å². The number of hydrogen-bond acceptors (Lipinski definition) is 8. The van der Waals surface area contributed by atoms with Gasteiger partial charge in [0, 0.05) is 49.1 Å². The third-order valence-corrected chi connectivity index (χ3v) is 10.5. The van der Waals surface area contributed by atoms with Crippen molar-refractivity contribution in [2.24, 2.45) is 5.73 Å². The number of nitrogens with one attached hydrogen (secondary N) is 1. The zero-order chi connectivity index (χ0) is 37.0. The molecule has 10 heteroatoms. The highest BCUT2D eigenvalue weighted by Crippen LogP contribution is 2.44. The molecule has 3 aromatic carbocycles. The van der Waals surface area contributed by atoms with Gasteiger partial charge in [-0.3, -0.25) is 9.78 Å². The van der Waals surface area contributed by atoms with Crippen molar-refractivity contribution in [2.75, 3.05) is 32.8 Å². The molecule has 53 heavy (non-hydrogen) atoms.